The van der Waals surface area contributed by atoms with E-state index in [1.165, 1.54) is 55.5 Å². The molecule has 1 N–H and O–H groups in total. The molecule has 1 atom stereocenters. The van der Waals surface area contributed by atoms with Crippen LogP contribution in [0.3, 0.4) is 0 Å². The highest BCUT2D eigenvalue weighted by molar-refractivity contribution is 7.92. The Morgan fingerprint density at radius 2 is 1.54 bits per heavy atom. The van der Waals surface area contributed by atoms with Gasteiger partial charge in [0.1, 0.15) is 18.4 Å². The lowest BCUT2D eigenvalue weighted by atomic mass is 10.0. The molecule has 0 saturated heterocycles. The van der Waals surface area contributed by atoms with Crippen LogP contribution in [0, 0.1) is 5.82 Å². The van der Waals surface area contributed by atoms with Crippen LogP contribution in [0.5, 0.6) is 11.5 Å². The van der Waals surface area contributed by atoms with Crippen molar-refractivity contribution in [3.8, 4) is 11.5 Å². The summed E-state index contributed by atoms with van der Waals surface area (Å²) >= 11 is 12.7. The molecule has 0 fully saturated rings. The maximum Gasteiger partial charge on any atom is 0.264 e. The number of carbonyl (C=O) groups is 2. The number of nitrogens with one attached hydrogen (secondary N) is 1. The molecule has 4 rings (SSSR count). The molecule has 9 nitrogen and oxygen atoms in total. The van der Waals surface area contributed by atoms with Crippen molar-refractivity contribution in [1.82, 2.24) is 10.2 Å². The molecule has 4 aromatic carbocycles. The second kappa shape index (κ2) is 16.2. The van der Waals surface area contributed by atoms with Gasteiger partial charge in [0.15, 0.2) is 11.5 Å². The minimum atomic E-state index is -4.48. The second-order valence-corrected chi connectivity index (χ2v) is 13.8. The Morgan fingerprint density at radius 3 is 2.15 bits per heavy atom. The Labute approximate surface area is 290 Å². The second-order valence-electron chi connectivity index (χ2n) is 11.1. The minimum absolute atomic E-state index is 0.0234. The van der Waals surface area contributed by atoms with Crippen molar-refractivity contribution in [3.63, 3.8) is 0 Å². The predicted molar refractivity (Wildman–Crippen MR) is 185 cm³/mol. The average molecular weight is 717 g/mol. The number of ether oxygens (including phenoxy) is 2. The van der Waals surface area contributed by atoms with Crippen LogP contribution in [-0.2, 0) is 32.6 Å². The molecular formula is C35H36Cl2FN3O6S. The van der Waals surface area contributed by atoms with E-state index in [4.69, 9.17) is 32.7 Å². The van der Waals surface area contributed by atoms with E-state index in [2.05, 4.69) is 5.32 Å². The maximum atomic E-state index is 14.6. The monoisotopic (exact) mass is 715 g/mol. The van der Waals surface area contributed by atoms with Crippen molar-refractivity contribution in [2.45, 2.75) is 43.8 Å². The molecular weight excluding hydrogens is 680 g/mol. The zero-order valence-electron chi connectivity index (χ0n) is 26.8. The minimum Gasteiger partial charge on any atom is -0.493 e. The summed E-state index contributed by atoms with van der Waals surface area (Å²) in [4.78, 5) is 29.5. The van der Waals surface area contributed by atoms with Gasteiger partial charge in [0.2, 0.25) is 11.8 Å². The van der Waals surface area contributed by atoms with Crippen molar-refractivity contribution < 1.29 is 31.9 Å². The zero-order valence-corrected chi connectivity index (χ0v) is 29.2. The third kappa shape index (κ3) is 8.97. The van der Waals surface area contributed by atoms with Gasteiger partial charge in [-0.25, -0.2) is 12.8 Å². The smallest absolute Gasteiger partial charge is 0.264 e. The molecule has 254 valence electrons. The van der Waals surface area contributed by atoms with E-state index in [0.29, 0.717) is 16.3 Å². The third-order valence-electron chi connectivity index (χ3n) is 7.39. The fraction of sp³-hybridized carbons (Fsp3) is 0.257. The molecule has 2 amide bonds. The normalized spacial score (nSPS) is 11.9. The molecule has 0 spiro atoms. The summed E-state index contributed by atoms with van der Waals surface area (Å²) in [5, 5.41) is 3.53. The summed E-state index contributed by atoms with van der Waals surface area (Å²) in [6.07, 6.45) is 0.120. The molecule has 13 heteroatoms. The number of carbonyl (C=O) groups excluding carboxylic acids is 2. The van der Waals surface area contributed by atoms with E-state index in [-0.39, 0.29) is 40.4 Å². The number of anilines is 1. The molecule has 0 aliphatic carbocycles. The van der Waals surface area contributed by atoms with Crippen LogP contribution in [0.25, 0.3) is 0 Å². The zero-order chi connectivity index (χ0) is 35.0. The SMILES string of the molecule is COc1ccc(S(=O)(=O)N(CC(=O)N(Cc2ccc(Cl)cc2Cl)C(Cc2ccccc2)C(=O)NC(C)C)c2ccc(F)cc2)cc1OC. The van der Waals surface area contributed by atoms with Gasteiger partial charge in [0.05, 0.1) is 24.8 Å². The highest BCUT2D eigenvalue weighted by Gasteiger charge is 2.35. The van der Waals surface area contributed by atoms with E-state index in [1.807, 2.05) is 30.3 Å². The lowest BCUT2D eigenvalue weighted by Gasteiger charge is -2.34. The van der Waals surface area contributed by atoms with E-state index < -0.39 is 40.2 Å². The number of halogens is 3. The van der Waals surface area contributed by atoms with Crippen LogP contribution in [0.2, 0.25) is 10.0 Å². The van der Waals surface area contributed by atoms with Gasteiger partial charge >= 0.3 is 0 Å². The highest BCUT2D eigenvalue weighted by Crippen LogP contribution is 2.33. The Bertz CT molecular complexity index is 1840. The Morgan fingerprint density at radius 1 is 0.875 bits per heavy atom. The van der Waals surface area contributed by atoms with Gasteiger partial charge in [0, 0.05) is 35.1 Å². The number of amides is 2. The molecule has 0 heterocycles. The number of rotatable bonds is 14. The summed E-state index contributed by atoms with van der Waals surface area (Å²) in [6.45, 7) is 2.70. The Hall–Kier alpha value is -4.32. The number of nitrogens with zero attached hydrogens (tertiary/aromatic N) is 2. The number of sulfonamides is 1. The van der Waals surface area contributed by atoms with Crippen molar-refractivity contribution in [2.24, 2.45) is 0 Å². The third-order valence-corrected chi connectivity index (χ3v) is 9.75. The van der Waals surface area contributed by atoms with Crippen molar-refractivity contribution in [1.29, 1.82) is 0 Å². The lowest BCUT2D eigenvalue weighted by Crippen LogP contribution is -2.54. The number of hydrogen-bond acceptors (Lipinski definition) is 6. The standard InChI is InChI=1S/C35H36Cl2FN3O6S/c1-23(2)39-35(43)31(18-24-8-6-5-7-9-24)40(21-25-10-11-26(36)19-30(25)37)34(42)22-41(28-14-12-27(38)13-15-28)48(44,45)29-16-17-32(46-3)33(20-29)47-4/h5-17,19-20,23,31H,18,21-22H2,1-4H3,(H,39,43). The summed E-state index contributed by atoms with van der Waals surface area (Å²) in [5.74, 6) is -1.30. The van der Waals surface area contributed by atoms with E-state index in [0.717, 1.165) is 22.0 Å². The van der Waals surface area contributed by atoms with Crippen LogP contribution >= 0.6 is 23.2 Å². The number of methoxy groups -OCH3 is 2. The van der Waals surface area contributed by atoms with Gasteiger partial charge in [-0.15, -0.1) is 0 Å². The molecule has 0 radical (unpaired) electrons. The molecule has 0 saturated carbocycles. The van der Waals surface area contributed by atoms with E-state index >= 15 is 0 Å². The lowest BCUT2D eigenvalue weighted by molar-refractivity contribution is -0.140. The quantitative estimate of drug-likeness (QED) is 0.160. The Balaban J connectivity index is 1.84. The summed E-state index contributed by atoms with van der Waals surface area (Å²) in [5.41, 5.74) is 1.28. The van der Waals surface area contributed by atoms with Gasteiger partial charge in [-0.1, -0.05) is 59.6 Å². The van der Waals surface area contributed by atoms with Crippen LogP contribution in [-0.4, -0.2) is 58.0 Å². The van der Waals surface area contributed by atoms with Gasteiger partial charge in [0.25, 0.3) is 10.0 Å². The maximum absolute atomic E-state index is 14.6. The van der Waals surface area contributed by atoms with Crippen LogP contribution in [0.15, 0.2) is 95.9 Å². The first-order chi connectivity index (χ1) is 22.8. The number of hydrogen-bond donors (Lipinski definition) is 1. The molecule has 0 bridgehead atoms. The van der Waals surface area contributed by atoms with Gasteiger partial charge < -0.3 is 19.7 Å². The highest BCUT2D eigenvalue weighted by atomic mass is 35.5. The molecule has 0 aliphatic heterocycles. The number of benzene rings is 4. The average Bonchev–Trinajstić information content (AvgIpc) is 3.06. The first-order valence-corrected chi connectivity index (χ1v) is 17.1. The summed E-state index contributed by atoms with van der Waals surface area (Å²) in [6, 6.07) is 21.3. The van der Waals surface area contributed by atoms with Crippen LogP contribution in [0.4, 0.5) is 10.1 Å². The predicted octanol–water partition coefficient (Wildman–Crippen LogP) is 6.51. The van der Waals surface area contributed by atoms with Gasteiger partial charge in [-0.2, -0.15) is 0 Å². The molecule has 48 heavy (non-hydrogen) atoms. The topological polar surface area (TPSA) is 105 Å². The van der Waals surface area contributed by atoms with Crippen LogP contribution < -0.4 is 19.1 Å². The Kier molecular flexibility index (Phi) is 12.3. The van der Waals surface area contributed by atoms with Crippen molar-refractivity contribution in [2.75, 3.05) is 25.1 Å². The van der Waals surface area contributed by atoms with Crippen molar-refractivity contribution >= 4 is 50.7 Å². The summed E-state index contributed by atoms with van der Waals surface area (Å²) in [7, 11) is -1.70. The van der Waals surface area contributed by atoms with Gasteiger partial charge in [-0.3, -0.25) is 13.9 Å². The fourth-order valence-electron chi connectivity index (χ4n) is 5.01. The van der Waals surface area contributed by atoms with Crippen molar-refractivity contribution in [3.05, 3.63) is 118 Å². The van der Waals surface area contributed by atoms with E-state index in [1.54, 1.807) is 26.0 Å². The first-order valence-electron chi connectivity index (χ1n) is 14.9. The fourth-order valence-corrected chi connectivity index (χ4v) is 6.91. The summed E-state index contributed by atoms with van der Waals surface area (Å²) < 4.78 is 54.0. The molecule has 0 aliphatic rings. The molecule has 1 unspecified atom stereocenters. The first kappa shape index (κ1) is 36.5. The van der Waals surface area contributed by atoms with Gasteiger partial charge in [-0.05, 0) is 73.5 Å². The van der Waals surface area contributed by atoms with Crippen LogP contribution in [0.1, 0.15) is 25.0 Å². The van der Waals surface area contributed by atoms with E-state index in [9.17, 15) is 22.4 Å². The molecule has 0 aromatic heterocycles. The molecule has 4 aromatic rings. The largest absolute Gasteiger partial charge is 0.493 e.